The molecule has 6 rings (SSSR count). The molecule has 1 N–H and O–H groups in total. The Morgan fingerprint density at radius 2 is 2.03 bits per heavy atom. The minimum Gasteiger partial charge on any atom is -0.484 e. The number of aromatic nitrogens is 4. The number of hydrogen-bond donors (Lipinski definition) is 1. The van der Waals surface area contributed by atoms with E-state index in [2.05, 4.69) is 20.3 Å². The molecule has 3 aromatic heterocycles. The highest BCUT2D eigenvalue weighted by Gasteiger charge is 2.28. The molecular formula is C26H19Cl2N5O5S. The third kappa shape index (κ3) is 5.08. The van der Waals surface area contributed by atoms with E-state index in [1.54, 1.807) is 25.4 Å². The zero-order chi connectivity index (χ0) is 27.1. The van der Waals surface area contributed by atoms with Crippen LogP contribution in [-0.2, 0) is 4.74 Å². The van der Waals surface area contributed by atoms with Crippen molar-refractivity contribution in [3.63, 3.8) is 0 Å². The number of ether oxygens (including phenoxy) is 4. The van der Waals surface area contributed by atoms with Crippen molar-refractivity contribution in [1.82, 2.24) is 19.9 Å². The van der Waals surface area contributed by atoms with Crippen molar-refractivity contribution in [2.45, 2.75) is 13.0 Å². The summed E-state index contributed by atoms with van der Waals surface area (Å²) < 4.78 is 23.4. The number of nitrogens with zero attached hydrogens (tertiary/aromatic N) is 4. The fraction of sp³-hybridized carbons (Fsp3) is 0.192. The molecule has 1 aliphatic rings. The lowest BCUT2D eigenvalue weighted by atomic mass is 10.1. The first-order chi connectivity index (χ1) is 18.9. The summed E-state index contributed by atoms with van der Waals surface area (Å²) in [5, 5.41) is 4.09. The Bertz CT molecular complexity index is 1750. The number of pyridine rings is 1. The number of nitrogens with one attached hydrogen (secondary N) is 1. The van der Waals surface area contributed by atoms with Crippen molar-refractivity contribution in [2.75, 3.05) is 25.6 Å². The number of benzene rings is 2. The second-order valence-corrected chi connectivity index (χ2v) is 10.5. The van der Waals surface area contributed by atoms with Crippen LogP contribution in [-0.4, -0.2) is 52.5 Å². The highest BCUT2D eigenvalue weighted by molar-refractivity contribution is 7.22. The highest BCUT2D eigenvalue weighted by Crippen LogP contribution is 2.47. The fourth-order valence-electron chi connectivity index (χ4n) is 4.12. The number of hydrogen-bond acceptors (Lipinski definition) is 10. The Morgan fingerprint density at radius 3 is 2.85 bits per heavy atom. The molecule has 1 aliphatic heterocycles. The number of anilines is 1. The molecule has 0 unspecified atom stereocenters. The number of rotatable bonds is 5. The summed E-state index contributed by atoms with van der Waals surface area (Å²) in [6, 6.07) is 7.18. The number of aryl methyl sites for hydroxylation is 1. The van der Waals surface area contributed by atoms with E-state index in [4.69, 9.17) is 47.1 Å². The molecule has 1 atom stereocenters. The average molecular weight is 584 g/mol. The van der Waals surface area contributed by atoms with Crippen LogP contribution in [0.25, 0.3) is 31.8 Å². The monoisotopic (exact) mass is 583 g/mol. The van der Waals surface area contributed by atoms with Crippen LogP contribution in [0.3, 0.4) is 0 Å². The van der Waals surface area contributed by atoms with E-state index < -0.39 is 12.2 Å². The topological polar surface area (TPSA) is 118 Å². The van der Waals surface area contributed by atoms with Crippen LogP contribution in [0.15, 0.2) is 42.9 Å². The SMILES string of the molecule is COc1cnc2c(-c3nc4c(Cl)cc5c(c4s3)OC[C@H](COC(=O)Nc3cncc(Cl)c3)O5)cc(C)cc2n1. The van der Waals surface area contributed by atoms with Crippen LogP contribution in [0, 0.1) is 6.92 Å². The third-order valence-electron chi connectivity index (χ3n) is 5.81. The van der Waals surface area contributed by atoms with E-state index in [1.807, 2.05) is 19.1 Å². The van der Waals surface area contributed by atoms with Gasteiger partial charge in [0.1, 0.15) is 28.4 Å². The number of carbonyl (C=O) groups excluding carboxylic acids is 1. The molecule has 198 valence electrons. The second kappa shape index (κ2) is 10.3. The lowest BCUT2D eigenvalue weighted by Gasteiger charge is -2.26. The number of carbonyl (C=O) groups is 1. The first-order valence-electron chi connectivity index (χ1n) is 11.7. The Balaban J connectivity index is 1.24. The second-order valence-electron chi connectivity index (χ2n) is 8.64. The number of halogens is 2. The molecule has 13 heteroatoms. The van der Waals surface area contributed by atoms with Gasteiger partial charge in [-0.15, -0.1) is 11.3 Å². The molecule has 0 saturated heterocycles. The number of methoxy groups -OCH3 is 1. The molecule has 5 aromatic rings. The minimum absolute atomic E-state index is 0.0414. The predicted molar refractivity (Wildman–Crippen MR) is 149 cm³/mol. The van der Waals surface area contributed by atoms with Crippen LogP contribution in [0.2, 0.25) is 10.0 Å². The van der Waals surface area contributed by atoms with Crippen molar-refractivity contribution in [3.8, 4) is 28.0 Å². The van der Waals surface area contributed by atoms with Crippen LogP contribution in [0.4, 0.5) is 10.5 Å². The van der Waals surface area contributed by atoms with E-state index in [9.17, 15) is 4.79 Å². The van der Waals surface area contributed by atoms with Gasteiger partial charge in [0.15, 0.2) is 17.6 Å². The molecule has 0 spiro atoms. The zero-order valence-electron chi connectivity index (χ0n) is 20.5. The van der Waals surface area contributed by atoms with Gasteiger partial charge in [0, 0.05) is 17.8 Å². The number of fused-ring (bicyclic) bond motifs is 4. The lowest BCUT2D eigenvalue weighted by Crippen LogP contribution is -2.35. The molecule has 0 bridgehead atoms. The van der Waals surface area contributed by atoms with Gasteiger partial charge in [-0.25, -0.2) is 19.7 Å². The Hall–Kier alpha value is -3.93. The Morgan fingerprint density at radius 1 is 1.15 bits per heavy atom. The van der Waals surface area contributed by atoms with Crippen molar-refractivity contribution < 1.29 is 23.7 Å². The summed E-state index contributed by atoms with van der Waals surface area (Å²) in [6.07, 6.45) is 3.30. The number of amides is 1. The van der Waals surface area contributed by atoms with E-state index in [-0.39, 0.29) is 13.2 Å². The average Bonchev–Trinajstić information content (AvgIpc) is 3.37. The van der Waals surface area contributed by atoms with Crippen molar-refractivity contribution in [3.05, 3.63) is 58.5 Å². The minimum atomic E-state index is -0.667. The van der Waals surface area contributed by atoms with E-state index in [0.29, 0.717) is 49.7 Å². The van der Waals surface area contributed by atoms with Crippen molar-refractivity contribution >= 4 is 67.6 Å². The zero-order valence-corrected chi connectivity index (χ0v) is 22.9. The molecule has 1 amide bonds. The van der Waals surface area contributed by atoms with Gasteiger partial charge in [-0.2, -0.15) is 0 Å². The number of thiazole rings is 1. The van der Waals surface area contributed by atoms with Gasteiger partial charge in [0.25, 0.3) is 0 Å². The van der Waals surface area contributed by atoms with Gasteiger partial charge in [-0.1, -0.05) is 23.2 Å². The Kier molecular flexibility index (Phi) is 6.71. The van der Waals surface area contributed by atoms with Gasteiger partial charge < -0.3 is 18.9 Å². The van der Waals surface area contributed by atoms with Crippen LogP contribution >= 0.6 is 34.5 Å². The summed E-state index contributed by atoms with van der Waals surface area (Å²) in [5.74, 6) is 1.41. The molecule has 0 saturated carbocycles. The standard InChI is InChI=1S/C26H19Cl2N5O5S/c1-12-3-16(21-18(4-12)32-20(35-2)9-30-21)25-33-22-17(28)6-19-23(24(22)39-25)36-10-15(38-19)11-37-26(34)31-14-5-13(27)7-29-8-14/h3-9,15H,10-11H2,1-2H3,(H,31,34)/t15-/m1/s1. The molecule has 10 nitrogen and oxygen atoms in total. The Labute approximate surface area is 235 Å². The van der Waals surface area contributed by atoms with Gasteiger partial charge in [0.05, 0.1) is 46.3 Å². The maximum atomic E-state index is 12.2. The summed E-state index contributed by atoms with van der Waals surface area (Å²) in [6.45, 7) is 2.11. The molecule has 0 radical (unpaired) electrons. The predicted octanol–water partition coefficient (Wildman–Crippen LogP) is 6.31. The molecule has 39 heavy (non-hydrogen) atoms. The summed E-state index contributed by atoms with van der Waals surface area (Å²) >= 11 is 13.9. The van der Waals surface area contributed by atoms with Gasteiger partial charge in [-0.05, 0) is 30.7 Å². The van der Waals surface area contributed by atoms with Gasteiger partial charge in [-0.3, -0.25) is 10.3 Å². The largest absolute Gasteiger partial charge is 0.484 e. The first kappa shape index (κ1) is 25.4. The maximum Gasteiger partial charge on any atom is 0.411 e. The van der Waals surface area contributed by atoms with Crippen LogP contribution < -0.4 is 19.5 Å². The van der Waals surface area contributed by atoms with E-state index in [0.717, 1.165) is 20.8 Å². The van der Waals surface area contributed by atoms with E-state index in [1.165, 1.54) is 23.7 Å². The molecule has 2 aromatic carbocycles. The van der Waals surface area contributed by atoms with Crippen molar-refractivity contribution in [2.24, 2.45) is 0 Å². The van der Waals surface area contributed by atoms with Crippen LogP contribution in [0.1, 0.15) is 5.56 Å². The summed E-state index contributed by atoms with van der Waals surface area (Å²) in [5.41, 5.74) is 4.25. The molecule has 4 heterocycles. The molecular weight excluding hydrogens is 565 g/mol. The van der Waals surface area contributed by atoms with Gasteiger partial charge in [0.2, 0.25) is 5.88 Å². The molecule has 0 aliphatic carbocycles. The smallest absolute Gasteiger partial charge is 0.411 e. The lowest BCUT2D eigenvalue weighted by molar-refractivity contribution is 0.0384. The third-order valence-corrected chi connectivity index (χ3v) is 7.39. The van der Waals surface area contributed by atoms with Gasteiger partial charge >= 0.3 is 6.09 Å². The van der Waals surface area contributed by atoms with Crippen LogP contribution in [0.5, 0.6) is 17.4 Å². The fourth-order valence-corrected chi connectivity index (χ4v) is 5.69. The molecule has 0 fully saturated rings. The van der Waals surface area contributed by atoms with E-state index >= 15 is 0 Å². The summed E-state index contributed by atoms with van der Waals surface area (Å²) in [7, 11) is 1.55. The normalized spacial score (nSPS) is 14.4. The summed E-state index contributed by atoms with van der Waals surface area (Å²) in [4.78, 5) is 30.0. The highest BCUT2D eigenvalue weighted by atomic mass is 35.5. The first-order valence-corrected chi connectivity index (χ1v) is 13.2. The quantitative estimate of drug-likeness (QED) is 0.253. The van der Waals surface area contributed by atoms with Crippen molar-refractivity contribution in [1.29, 1.82) is 0 Å². The maximum absolute atomic E-state index is 12.2.